The average Bonchev–Trinajstić information content (AvgIpc) is 2.95. The topological polar surface area (TPSA) is 56.3 Å². The molecule has 8 heteroatoms. The molecule has 2 aromatic heterocycles. The van der Waals surface area contributed by atoms with E-state index < -0.39 is 22.4 Å². The van der Waals surface area contributed by atoms with Crippen LogP contribution in [0.4, 0.5) is 8.78 Å². The predicted octanol–water partition coefficient (Wildman–Crippen LogP) is 3.64. The molecule has 2 rings (SSSR count). The Morgan fingerprint density at radius 2 is 2.05 bits per heavy atom. The lowest BCUT2D eigenvalue weighted by molar-refractivity contribution is -0.0230. The maximum atomic E-state index is 12.7. The van der Waals surface area contributed by atoms with Crippen LogP contribution in [0.3, 0.4) is 0 Å². The zero-order chi connectivity index (χ0) is 16.4. The van der Waals surface area contributed by atoms with E-state index in [9.17, 15) is 17.2 Å². The molecule has 0 spiro atoms. The number of pyridine rings is 1. The fraction of sp³-hybridized carbons (Fsp3) is 0.357. The summed E-state index contributed by atoms with van der Waals surface area (Å²) in [7, 11) is -3.33. The molecule has 0 radical (unpaired) electrons. The van der Waals surface area contributed by atoms with Crippen molar-refractivity contribution < 1.29 is 21.9 Å². The zero-order valence-corrected chi connectivity index (χ0v) is 13.7. The van der Waals surface area contributed by atoms with E-state index in [0.29, 0.717) is 10.6 Å². The molecule has 0 amide bonds. The van der Waals surface area contributed by atoms with E-state index in [1.165, 1.54) is 23.6 Å². The lowest BCUT2D eigenvalue weighted by Gasteiger charge is -2.11. The third-order valence-corrected chi connectivity index (χ3v) is 5.64. The van der Waals surface area contributed by atoms with Crippen LogP contribution < -0.4 is 4.74 Å². The van der Waals surface area contributed by atoms with Gasteiger partial charge >= 0.3 is 0 Å². The summed E-state index contributed by atoms with van der Waals surface area (Å²) in [5, 5.41) is 1.68. The van der Waals surface area contributed by atoms with Crippen molar-refractivity contribution in [2.45, 2.75) is 24.7 Å². The molecule has 0 aliphatic heterocycles. The highest BCUT2D eigenvalue weighted by Crippen LogP contribution is 2.32. The maximum absolute atomic E-state index is 12.7. The first-order chi connectivity index (χ1) is 10.2. The van der Waals surface area contributed by atoms with Gasteiger partial charge in [-0.3, -0.25) is 4.98 Å². The minimum atomic E-state index is -3.33. The molecule has 0 saturated carbocycles. The van der Waals surface area contributed by atoms with Crippen molar-refractivity contribution in [1.82, 2.24) is 4.98 Å². The molecule has 0 aliphatic rings. The molecule has 0 N–H and O–H groups in total. The van der Waals surface area contributed by atoms with Gasteiger partial charge in [-0.05, 0) is 23.6 Å². The van der Waals surface area contributed by atoms with Crippen molar-refractivity contribution >= 4 is 21.2 Å². The second-order valence-electron chi connectivity index (χ2n) is 4.76. The second kappa shape index (κ2) is 6.29. The molecule has 0 fully saturated rings. The molecule has 0 saturated heterocycles. The van der Waals surface area contributed by atoms with Crippen molar-refractivity contribution in [2.24, 2.45) is 0 Å². The molecule has 2 aromatic rings. The van der Waals surface area contributed by atoms with E-state index in [1.54, 1.807) is 24.4 Å². The summed E-state index contributed by atoms with van der Waals surface area (Å²) in [4.78, 5) is 4.88. The smallest absolute Gasteiger partial charge is 0.278 e. The number of hydrogen-bond donors (Lipinski definition) is 0. The van der Waals surface area contributed by atoms with Crippen LogP contribution in [0.1, 0.15) is 13.8 Å². The van der Waals surface area contributed by atoms with Crippen LogP contribution in [0, 0.1) is 0 Å². The fourth-order valence-electron chi connectivity index (χ4n) is 1.69. The number of rotatable bonds is 6. The molecule has 0 aromatic carbocycles. The molecular formula is C14H15F2NO3S2. The Hall–Kier alpha value is -1.54. The van der Waals surface area contributed by atoms with Gasteiger partial charge in [0.2, 0.25) is 0 Å². The van der Waals surface area contributed by atoms with Crippen LogP contribution in [0.25, 0.3) is 10.6 Å². The third-order valence-electron chi connectivity index (χ3n) is 2.81. The van der Waals surface area contributed by atoms with Crippen LogP contribution in [-0.4, -0.2) is 31.7 Å². The van der Waals surface area contributed by atoms with Gasteiger partial charge in [0.15, 0.2) is 16.4 Å². The highest BCUT2D eigenvalue weighted by Gasteiger charge is 2.22. The molecule has 22 heavy (non-hydrogen) atoms. The molecule has 120 valence electrons. The molecule has 4 nitrogen and oxygen atoms in total. The van der Waals surface area contributed by atoms with Gasteiger partial charge in [0, 0.05) is 6.92 Å². The highest BCUT2D eigenvalue weighted by molar-refractivity contribution is 7.91. The third kappa shape index (κ3) is 4.01. The molecule has 0 bridgehead atoms. The van der Waals surface area contributed by atoms with Crippen molar-refractivity contribution in [3.05, 3.63) is 29.8 Å². The standard InChI is InChI=1S/C14H15F2NO3S2/c1-3-22(18,19)12-6-7-21-13(12)11-5-4-10(8-17-11)20-9-14(2,15)16/h4-8H,3,9H2,1-2H3. The van der Waals surface area contributed by atoms with Gasteiger partial charge < -0.3 is 4.74 Å². The van der Waals surface area contributed by atoms with E-state index in [2.05, 4.69) is 4.98 Å². The number of hydrogen-bond acceptors (Lipinski definition) is 5. The number of sulfone groups is 1. The van der Waals surface area contributed by atoms with Crippen LogP contribution in [0.5, 0.6) is 5.75 Å². The second-order valence-corrected chi connectivity index (χ2v) is 7.92. The Kier molecular flexibility index (Phi) is 4.81. The number of alkyl halides is 2. The summed E-state index contributed by atoms with van der Waals surface area (Å²) in [6.45, 7) is 1.61. The Morgan fingerprint density at radius 1 is 1.32 bits per heavy atom. The van der Waals surface area contributed by atoms with Gasteiger partial charge in [-0.1, -0.05) is 6.92 Å². The Morgan fingerprint density at radius 3 is 2.59 bits per heavy atom. The normalized spacial score (nSPS) is 12.4. The van der Waals surface area contributed by atoms with Gasteiger partial charge in [-0.15, -0.1) is 11.3 Å². The summed E-state index contributed by atoms with van der Waals surface area (Å²) < 4.78 is 54.4. The molecule has 0 unspecified atom stereocenters. The summed E-state index contributed by atoms with van der Waals surface area (Å²) in [5.74, 6) is -2.71. The van der Waals surface area contributed by atoms with E-state index in [-0.39, 0.29) is 16.4 Å². The zero-order valence-electron chi connectivity index (χ0n) is 12.0. The van der Waals surface area contributed by atoms with Crippen molar-refractivity contribution in [3.8, 4) is 16.3 Å². The SMILES string of the molecule is CCS(=O)(=O)c1ccsc1-c1ccc(OCC(C)(F)F)cn1. The Labute approximate surface area is 131 Å². The van der Waals surface area contributed by atoms with Gasteiger partial charge in [0.05, 0.1) is 27.4 Å². The summed E-state index contributed by atoms with van der Waals surface area (Å²) in [6, 6.07) is 4.60. The largest absolute Gasteiger partial charge is 0.486 e. The molecule has 0 aliphatic carbocycles. The minimum Gasteiger partial charge on any atom is -0.486 e. The van der Waals surface area contributed by atoms with Crippen LogP contribution in [-0.2, 0) is 9.84 Å². The Balaban J connectivity index is 2.24. The number of halogens is 2. The molecular weight excluding hydrogens is 332 g/mol. The van der Waals surface area contributed by atoms with E-state index in [0.717, 1.165) is 6.92 Å². The van der Waals surface area contributed by atoms with Gasteiger partial charge in [-0.2, -0.15) is 0 Å². The fourth-order valence-corrected chi connectivity index (χ4v) is 4.05. The highest BCUT2D eigenvalue weighted by atomic mass is 32.2. The van der Waals surface area contributed by atoms with Gasteiger partial charge in [0.1, 0.15) is 5.75 Å². The summed E-state index contributed by atoms with van der Waals surface area (Å²) in [5.41, 5.74) is 0.470. The van der Waals surface area contributed by atoms with E-state index >= 15 is 0 Å². The predicted molar refractivity (Wildman–Crippen MR) is 81.4 cm³/mol. The van der Waals surface area contributed by atoms with E-state index in [4.69, 9.17) is 4.74 Å². The van der Waals surface area contributed by atoms with Gasteiger partial charge in [-0.25, -0.2) is 17.2 Å². The van der Waals surface area contributed by atoms with Crippen LogP contribution in [0.2, 0.25) is 0 Å². The number of ether oxygens (including phenoxy) is 1. The van der Waals surface area contributed by atoms with Crippen molar-refractivity contribution in [3.63, 3.8) is 0 Å². The quantitative estimate of drug-likeness (QED) is 0.800. The van der Waals surface area contributed by atoms with Crippen molar-refractivity contribution in [1.29, 1.82) is 0 Å². The Bertz CT molecular complexity index is 734. The lowest BCUT2D eigenvalue weighted by atomic mass is 10.3. The van der Waals surface area contributed by atoms with Crippen LogP contribution >= 0.6 is 11.3 Å². The number of thiophene rings is 1. The maximum Gasteiger partial charge on any atom is 0.278 e. The van der Waals surface area contributed by atoms with E-state index in [1.807, 2.05) is 0 Å². The van der Waals surface area contributed by atoms with Crippen molar-refractivity contribution in [2.75, 3.05) is 12.4 Å². The van der Waals surface area contributed by atoms with Crippen LogP contribution in [0.15, 0.2) is 34.7 Å². The number of aromatic nitrogens is 1. The number of nitrogens with zero attached hydrogens (tertiary/aromatic N) is 1. The minimum absolute atomic E-state index is 0.00348. The molecule has 2 heterocycles. The first-order valence-corrected chi connectivity index (χ1v) is 9.03. The first kappa shape index (κ1) is 16.8. The monoisotopic (exact) mass is 347 g/mol. The first-order valence-electron chi connectivity index (χ1n) is 6.50. The summed E-state index contributed by atoms with van der Waals surface area (Å²) in [6.07, 6.45) is 1.31. The summed E-state index contributed by atoms with van der Waals surface area (Å²) >= 11 is 1.27. The molecule has 0 atom stereocenters. The lowest BCUT2D eigenvalue weighted by Crippen LogP contribution is -2.20. The van der Waals surface area contributed by atoms with Gasteiger partial charge in [0.25, 0.3) is 5.92 Å². The average molecular weight is 347 g/mol.